The summed E-state index contributed by atoms with van der Waals surface area (Å²) >= 11 is 0. The van der Waals surface area contributed by atoms with E-state index in [1.165, 1.54) is 12.8 Å². The lowest BCUT2D eigenvalue weighted by molar-refractivity contribution is 0.0567. The highest BCUT2D eigenvalue weighted by atomic mass is 14.4. The molecule has 0 aromatic heterocycles. The van der Waals surface area contributed by atoms with E-state index < -0.39 is 0 Å². The van der Waals surface area contributed by atoms with Gasteiger partial charge in [-0.1, -0.05) is 279 Å². The van der Waals surface area contributed by atoms with Crippen molar-refractivity contribution in [2.45, 2.75) is 279 Å². The van der Waals surface area contributed by atoms with E-state index >= 15 is 0 Å². The third-order valence-electron chi connectivity index (χ3n) is 13.0. The van der Waals surface area contributed by atoms with Crippen molar-refractivity contribution in [3.05, 3.63) is 0 Å². The molecule has 0 heterocycles. The van der Waals surface area contributed by atoms with Gasteiger partial charge in [-0.25, -0.2) is 0 Å². The molecule has 0 bridgehead atoms. The Morgan fingerprint density at radius 3 is 0.315 bits per heavy atom. The molecule has 0 amide bonds. The molecular formula is C54H150. The first-order valence-corrected chi connectivity index (χ1v) is 15.6. The summed E-state index contributed by atoms with van der Waals surface area (Å²) in [5.41, 5.74) is 0. The Morgan fingerprint density at radius 2 is 0.241 bits per heavy atom. The summed E-state index contributed by atoms with van der Waals surface area (Å²) in [5, 5.41) is 0. The molecular weight excluding hydrogens is 649 g/mol. The quantitative estimate of drug-likeness (QED) is 0.146. The highest BCUT2D eigenvalue weighted by molar-refractivity contribution is 4.85. The molecule has 0 aromatic carbocycles. The monoisotopic (exact) mass is 799 g/mol. The van der Waals surface area contributed by atoms with Crippen LogP contribution in [0.4, 0.5) is 0 Å². The molecule has 0 saturated heterocycles. The highest BCUT2D eigenvalue weighted by Gasteiger charge is 2.37. The zero-order valence-corrected chi connectivity index (χ0v) is 27.1. The first-order valence-electron chi connectivity index (χ1n) is 15.6. The lowest BCUT2D eigenvalue weighted by atomic mass is 9.62. The van der Waals surface area contributed by atoms with Crippen molar-refractivity contribution in [3.63, 3.8) is 0 Å². The van der Waals surface area contributed by atoms with Crippen LogP contribution in [0.3, 0.4) is 0 Å². The van der Waals surface area contributed by atoms with Crippen LogP contribution < -0.4 is 0 Å². The zero-order chi connectivity index (χ0) is 27.1. The Bertz CT molecular complexity index is 476. The Kier molecular flexibility index (Phi) is 167. The minimum atomic E-state index is 0. The normalized spacial score (nSPS) is 16.4. The molecule has 0 heteroatoms. The van der Waals surface area contributed by atoms with E-state index in [1.54, 1.807) is 0 Å². The smallest absolute Gasteiger partial charge is 0.0386 e. The van der Waals surface area contributed by atoms with Crippen LogP contribution in [0.1, 0.15) is 279 Å². The van der Waals surface area contributed by atoms with Gasteiger partial charge in [0.05, 0.1) is 0 Å². The van der Waals surface area contributed by atoms with Gasteiger partial charge in [0.1, 0.15) is 0 Å². The van der Waals surface area contributed by atoms with Crippen LogP contribution in [-0.4, -0.2) is 0 Å². The molecule has 0 saturated carbocycles. The number of hydrogen-bond donors (Lipinski definition) is 0. The fraction of sp³-hybridized carbons (Fsp3) is 1.00. The van der Waals surface area contributed by atoms with Gasteiger partial charge < -0.3 is 0 Å². The second-order valence-corrected chi connectivity index (χ2v) is 13.9. The molecule has 54 heavy (non-hydrogen) atoms. The van der Waals surface area contributed by atoms with Crippen molar-refractivity contribution in [2.24, 2.45) is 88.8 Å². The average Bonchev–Trinajstić information content (AvgIpc) is 2.85. The van der Waals surface area contributed by atoms with E-state index in [2.05, 4.69) is 118 Å². The van der Waals surface area contributed by atoms with Gasteiger partial charge in [0.2, 0.25) is 0 Å². The minimum Gasteiger partial charge on any atom is -0.0776 e. The maximum absolute atomic E-state index is 2.56. The van der Waals surface area contributed by atoms with Crippen molar-refractivity contribution in [2.75, 3.05) is 0 Å². The van der Waals surface area contributed by atoms with Crippen molar-refractivity contribution in [1.29, 1.82) is 0 Å². The molecule has 0 spiro atoms. The molecule has 0 N–H and O–H groups in total. The summed E-state index contributed by atoms with van der Waals surface area (Å²) in [6, 6.07) is 0. The number of rotatable bonds is 16. The second kappa shape index (κ2) is 64.9. The summed E-state index contributed by atoms with van der Waals surface area (Å²) in [4.78, 5) is 0. The van der Waals surface area contributed by atoms with E-state index in [4.69, 9.17) is 0 Å². The van der Waals surface area contributed by atoms with Gasteiger partial charge in [0, 0.05) is 0 Å². The molecule has 0 rings (SSSR count). The maximum Gasteiger partial charge on any atom is -0.0386 e. The van der Waals surface area contributed by atoms with Crippen molar-refractivity contribution in [1.82, 2.24) is 0 Å². The molecule has 0 fully saturated rings. The molecule has 0 nitrogen and oxygen atoms in total. The van der Waals surface area contributed by atoms with Gasteiger partial charge in [0.15, 0.2) is 0 Å². The van der Waals surface area contributed by atoms with E-state index in [9.17, 15) is 0 Å². The topological polar surface area (TPSA) is 0 Å². The van der Waals surface area contributed by atoms with E-state index in [1.807, 2.05) is 0 Å². The number of hydrogen-bond acceptors (Lipinski definition) is 0. The Balaban J connectivity index is -0.0000000287. The first-order chi connectivity index (χ1) is 15.6. The van der Waals surface area contributed by atoms with Gasteiger partial charge in [-0.05, 0) is 88.8 Å². The summed E-state index contributed by atoms with van der Waals surface area (Å²) < 4.78 is 0. The van der Waals surface area contributed by atoms with Crippen LogP contribution in [0.2, 0.25) is 0 Å². The van der Waals surface area contributed by atoms with Gasteiger partial charge in [0.25, 0.3) is 0 Å². The average molecular weight is 800 g/mol. The van der Waals surface area contributed by atoms with Gasteiger partial charge in [-0.2, -0.15) is 0 Å². The summed E-state index contributed by atoms with van der Waals surface area (Å²) in [7, 11) is 0. The van der Waals surface area contributed by atoms with Crippen LogP contribution in [0.25, 0.3) is 0 Å². The minimum absolute atomic E-state index is 0. The predicted octanol–water partition coefficient (Wildman–Crippen LogP) is 24.1. The summed E-state index contributed by atoms with van der Waals surface area (Å²) in [6.45, 7) is 42.6. The fourth-order valence-electron chi connectivity index (χ4n) is 7.05. The molecule has 0 radical (unpaired) electrons. The zero-order valence-electron chi connectivity index (χ0n) is 27.1. The van der Waals surface area contributed by atoms with E-state index in [0.29, 0.717) is 0 Å². The van der Waals surface area contributed by atoms with E-state index in [0.717, 1.165) is 88.8 Å². The SMILES string of the molecule is C.C.C.C.C.C.C.C.C.C.C.C.C.C.C.C.C.C.C.C.CCC(C)C(C)C(C)C(C)C(C)C(C)C(C)C(C)C(C)C(C)C(C)C(C)C(C)C(C)C(C)CC. The van der Waals surface area contributed by atoms with Gasteiger partial charge >= 0.3 is 0 Å². The van der Waals surface area contributed by atoms with Crippen molar-refractivity contribution in [3.8, 4) is 0 Å². The van der Waals surface area contributed by atoms with Crippen molar-refractivity contribution < 1.29 is 0 Å². The van der Waals surface area contributed by atoms with Gasteiger partial charge in [-0.15, -0.1) is 0 Å². The largest absolute Gasteiger partial charge is 0.0776 e. The molecule has 14 atom stereocenters. The summed E-state index contributed by atoms with van der Waals surface area (Å²) in [5.74, 6) is 11.8. The molecule has 366 valence electrons. The molecule has 14 unspecified atom stereocenters. The highest BCUT2D eigenvalue weighted by Crippen LogP contribution is 2.43. The van der Waals surface area contributed by atoms with Gasteiger partial charge in [-0.3, -0.25) is 0 Å². The Hall–Kier alpha value is 0. The lowest BCUT2D eigenvalue weighted by Gasteiger charge is -2.43. The van der Waals surface area contributed by atoms with Crippen LogP contribution in [-0.2, 0) is 0 Å². The van der Waals surface area contributed by atoms with Crippen LogP contribution in [0.15, 0.2) is 0 Å². The van der Waals surface area contributed by atoms with Crippen LogP contribution in [0, 0.1) is 88.8 Å². The Labute approximate surface area is 366 Å². The lowest BCUT2D eigenvalue weighted by Crippen LogP contribution is -2.37. The van der Waals surface area contributed by atoms with Crippen molar-refractivity contribution >= 4 is 0 Å². The fourth-order valence-corrected chi connectivity index (χ4v) is 7.05. The molecule has 0 aliphatic rings. The standard InChI is InChI=1S/C34H70.20CH4/c1-18-20(3)22(5)24(7)26(9)28(11)30(13)32(15)34(17)33(16)31(14)29(12)27(10)25(8)23(6)21(4)19-2;;;;;;;;;;;;;;;;;;;;/h20-34H,18-19H2,1-17H3;20*1H4. The Morgan fingerprint density at radius 1 is 0.167 bits per heavy atom. The maximum atomic E-state index is 2.56. The van der Waals surface area contributed by atoms with Crippen LogP contribution in [0.5, 0.6) is 0 Å². The summed E-state index contributed by atoms with van der Waals surface area (Å²) in [6.07, 6.45) is 2.60. The first kappa shape index (κ1) is 139. The predicted molar refractivity (Wildman–Crippen MR) is 293 cm³/mol. The molecule has 0 aliphatic heterocycles. The van der Waals surface area contributed by atoms with E-state index in [-0.39, 0.29) is 149 Å². The molecule has 0 aliphatic carbocycles. The third kappa shape index (κ3) is 37.6. The second-order valence-electron chi connectivity index (χ2n) is 13.9. The van der Waals surface area contributed by atoms with Crippen LogP contribution >= 0.6 is 0 Å². The third-order valence-corrected chi connectivity index (χ3v) is 13.0. The molecule has 0 aromatic rings.